The van der Waals surface area contributed by atoms with E-state index < -0.39 is 0 Å². The van der Waals surface area contributed by atoms with Gasteiger partial charge in [-0.1, -0.05) is 0 Å². The zero-order chi connectivity index (χ0) is 18.4. The molecule has 0 fully saturated rings. The number of hydrogen-bond acceptors (Lipinski definition) is 5. The van der Waals surface area contributed by atoms with E-state index in [-0.39, 0.29) is 30.3 Å². The molecule has 0 unspecified atom stereocenters. The van der Waals surface area contributed by atoms with Crippen molar-refractivity contribution in [2.75, 3.05) is 13.2 Å². The van der Waals surface area contributed by atoms with E-state index in [2.05, 4.69) is 10.4 Å². The van der Waals surface area contributed by atoms with Gasteiger partial charge in [-0.3, -0.25) is 9.59 Å². The van der Waals surface area contributed by atoms with E-state index >= 15 is 0 Å². The zero-order valence-corrected chi connectivity index (χ0v) is 14.3. The fourth-order valence-electron chi connectivity index (χ4n) is 2.42. The number of nitrogens with one attached hydrogen (secondary N) is 1. The van der Waals surface area contributed by atoms with Crippen molar-refractivity contribution in [3.63, 3.8) is 0 Å². The molecule has 0 bridgehead atoms. The molecule has 0 atom stereocenters. The molecule has 7 nitrogen and oxygen atoms in total. The highest BCUT2D eigenvalue weighted by molar-refractivity contribution is 5.91. The fraction of sp³-hybridized carbons (Fsp3) is 0.211. The summed E-state index contributed by atoms with van der Waals surface area (Å²) in [6.07, 6.45) is 1.43. The Bertz CT molecular complexity index is 915. The summed E-state index contributed by atoms with van der Waals surface area (Å²) >= 11 is 0. The molecule has 0 saturated carbocycles. The Morgan fingerprint density at radius 2 is 2.00 bits per heavy atom. The van der Waals surface area contributed by atoms with Gasteiger partial charge in [0.25, 0.3) is 11.5 Å². The second-order valence-corrected chi connectivity index (χ2v) is 5.47. The molecular formula is C19H19N3O4. The minimum Gasteiger partial charge on any atom is -0.494 e. The predicted octanol–water partition coefficient (Wildman–Crippen LogP) is 2.33. The Balaban J connectivity index is 1.67. The average molecular weight is 353 g/mol. The maximum atomic E-state index is 12.0. The molecule has 26 heavy (non-hydrogen) atoms. The third kappa shape index (κ3) is 4.18. The predicted molar refractivity (Wildman–Crippen MR) is 96.1 cm³/mol. The van der Waals surface area contributed by atoms with Crippen molar-refractivity contribution >= 4 is 5.91 Å². The van der Waals surface area contributed by atoms with Crippen molar-refractivity contribution in [2.45, 2.75) is 13.5 Å². The molecule has 1 aromatic carbocycles. The van der Waals surface area contributed by atoms with E-state index in [0.29, 0.717) is 12.3 Å². The standard InChI is InChI=1S/C19H19N3O4/c1-2-25-15-7-5-14(6-8-15)16-9-10-18(23)22(21-16)12-11-20-19(24)17-4-3-13-26-17/h3-10,13H,2,11-12H2,1H3,(H,20,24). The number of amides is 1. The normalized spacial score (nSPS) is 10.5. The minimum atomic E-state index is -0.328. The number of carbonyl (C=O) groups is 1. The summed E-state index contributed by atoms with van der Waals surface area (Å²) in [6.45, 7) is 3.05. The van der Waals surface area contributed by atoms with Crippen LogP contribution in [0.3, 0.4) is 0 Å². The maximum Gasteiger partial charge on any atom is 0.287 e. The lowest BCUT2D eigenvalue weighted by Gasteiger charge is -2.09. The average Bonchev–Trinajstić information content (AvgIpc) is 3.19. The summed E-state index contributed by atoms with van der Waals surface area (Å²) < 4.78 is 11.8. The van der Waals surface area contributed by atoms with Crippen LogP contribution in [-0.4, -0.2) is 28.8 Å². The van der Waals surface area contributed by atoms with Gasteiger partial charge < -0.3 is 14.5 Å². The lowest BCUT2D eigenvalue weighted by Crippen LogP contribution is -2.31. The lowest BCUT2D eigenvalue weighted by molar-refractivity contribution is 0.0924. The fourth-order valence-corrected chi connectivity index (χ4v) is 2.42. The molecule has 3 rings (SSSR count). The van der Waals surface area contributed by atoms with Gasteiger partial charge in [0, 0.05) is 18.2 Å². The van der Waals surface area contributed by atoms with Crippen LogP contribution in [0, 0.1) is 0 Å². The van der Waals surface area contributed by atoms with Crippen molar-refractivity contribution in [3.8, 4) is 17.0 Å². The molecule has 0 aliphatic rings. The summed E-state index contributed by atoms with van der Waals surface area (Å²) in [5.41, 5.74) is 1.32. The summed E-state index contributed by atoms with van der Waals surface area (Å²) in [4.78, 5) is 23.8. The van der Waals surface area contributed by atoms with Gasteiger partial charge in [-0.2, -0.15) is 5.10 Å². The Morgan fingerprint density at radius 1 is 1.19 bits per heavy atom. The van der Waals surface area contributed by atoms with Crippen LogP contribution in [0.15, 0.2) is 64.0 Å². The van der Waals surface area contributed by atoms with Crippen molar-refractivity contribution in [3.05, 3.63) is 70.9 Å². The maximum absolute atomic E-state index is 12.0. The topological polar surface area (TPSA) is 86.4 Å². The smallest absolute Gasteiger partial charge is 0.287 e. The third-order valence-corrected chi connectivity index (χ3v) is 3.68. The second kappa shape index (κ2) is 8.15. The first-order valence-corrected chi connectivity index (χ1v) is 8.30. The number of aromatic nitrogens is 2. The number of carbonyl (C=O) groups excluding carboxylic acids is 1. The number of ether oxygens (including phenoxy) is 1. The van der Waals surface area contributed by atoms with Crippen molar-refractivity contribution in [2.24, 2.45) is 0 Å². The quantitative estimate of drug-likeness (QED) is 0.704. The molecule has 0 aliphatic heterocycles. The first-order valence-electron chi connectivity index (χ1n) is 8.30. The highest BCUT2D eigenvalue weighted by Crippen LogP contribution is 2.19. The van der Waals surface area contributed by atoms with Crippen molar-refractivity contribution < 1.29 is 13.9 Å². The SMILES string of the molecule is CCOc1ccc(-c2ccc(=O)n(CCNC(=O)c3ccco3)n2)cc1. The van der Waals surface area contributed by atoms with Crippen LogP contribution in [0.1, 0.15) is 17.5 Å². The summed E-state index contributed by atoms with van der Waals surface area (Å²) in [5.74, 6) is 0.685. The second-order valence-electron chi connectivity index (χ2n) is 5.47. The van der Waals surface area contributed by atoms with E-state index in [1.54, 1.807) is 18.2 Å². The summed E-state index contributed by atoms with van der Waals surface area (Å²) in [5, 5.41) is 7.06. The van der Waals surface area contributed by atoms with E-state index in [1.165, 1.54) is 17.0 Å². The molecule has 2 heterocycles. The Morgan fingerprint density at radius 3 is 2.69 bits per heavy atom. The van der Waals surface area contributed by atoms with E-state index in [1.807, 2.05) is 31.2 Å². The van der Waals surface area contributed by atoms with E-state index in [9.17, 15) is 9.59 Å². The van der Waals surface area contributed by atoms with Crippen LogP contribution in [0.4, 0.5) is 0 Å². The molecule has 134 valence electrons. The first kappa shape index (κ1) is 17.5. The largest absolute Gasteiger partial charge is 0.494 e. The number of nitrogens with zero attached hydrogens (tertiary/aromatic N) is 2. The number of hydrogen-bond donors (Lipinski definition) is 1. The molecule has 3 aromatic rings. The molecule has 0 saturated heterocycles. The molecule has 7 heteroatoms. The monoisotopic (exact) mass is 353 g/mol. The molecule has 0 spiro atoms. The van der Waals surface area contributed by atoms with Crippen LogP contribution in [0.2, 0.25) is 0 Å². The highest BCUT2D eigenvalue weighted by Gasteiger charge is 2.08. The highest BCUT2D eigenvalue weighted by atomic mass is 16.5. The van der Waals surface area contributed by atoms with Gasteiger partial charge in [0.05, 0.1) is 25.1 Å². The molecule has 1 amide bonds. The van der Waals surface area contributed by atoms with Gasteiger partial charge in [0.1, 0.15) is 5.75 Å². The lowest BCUT2D eigenvalue weighted by atomic mass is 10.1. The molecule has 1 N–H and O–H groups in total. The van der Waals surface area contributed by atoms with Crippen LogP contribution in [0.25, 0.3) is 11.3 Å². The van der Waals surface area contributed by atoms with E-state index in [4.69, 9.17) is 9.15 Å². The minimum absolute atomic E-state index is 0.230. The number of furan rings is 1. The van der Waals surface area contributed by atoms with Gasteiger partial charge in [-0.25, -0.2) is 4.68 Å². The number of rotatable bonds is 7. The van der Waals surface area contributed by atoms with Gasteiger partial charge in [-0.15, -0.1) is 0 Å². The van der Waals surface area contributed by atoms with E-state index in [0.717, 1.165) is 11.3 Å². The van der Waals surface area contributed by atoms with Crippen LogP contribution in [0.5, 0.6) is 5.75 Å². The van der Waals surface area contributed by atoms with Gasteiger partial charge in [0.15, 0.2) is 5.76 Å². The van der Waals surface area contributed by atoms with Gasteiger partial charge >= 0.3 is 0 Å². The molecular weight excluding hydrogens is 334 g/mol. The molecule has 0 aliphatic carbocycles. The Hall–Kier alpha value is -3.35. The van der Waals surface area contributed by atoms with Crippen LogP contribution in [-0.2, 0) is 6.54 Å². The Kier molecular flexibility index (Phi) is 5.48. The summed E-state index contributed by atoms with van der Waals surface area (Å²) in [7, 11) is 0. The Labute approximate surface area is 150 Å². The first-order chi connectivity index (χ1) is 12.7. The summed E-state index contributed by atoms with van der Waals surface area (Å²) in [6, 6.07) is 13.9. The van der Waals surface area contributed by atoms with Crippen LogP contribution >= 0.6 is 0 Å². The van der Waals surface area contributed by atoms with Gasteiger partial charge in [-0.05, 0) is 49.4 Å². The van der Waals surface area contributed by atoms with Gasteiger partial charge in [0.2, 0.25) is 0 Å². The van der Waals surface area contributed by atoms with Crippen molar-refractivity contribution in [1.29, 1.82) is 0 Å². The van der Waals surface area contributed by atoms with Crippen LogP contribution < -0.4 is 15.6 Å². The number of benzene rings is 1. The zero-order valence-electron chi connectivity index (χ0n) is 14.3. The van der Waals surface area contributed by atoms with Crippen molar-refractivity contribution in [1.82, 2.24) is 15.1 Å². The third-order valence-electron chi connectivity index (χ3n) is 3.68. The molecule has 0 radical (unpaired) electrons. The molecule has 2 aromatic heterocycles.